The van der Waals surface area contributed by atoms with Gasteiger partial charge in [-0.15, -0.1) is 0 Å². The molecular formula is C24H21N3O4. The summed E-state index contributed by atoms with van der Waals surface area (Å²) in [5.41, 5.74) is 10.2. The number of allylic oxidation sites excluding steroid dienone is 1. The van der Waals surface area contributed by atoms with Gasteiger partial charge in [-0.2, -0.15) is 5.26 Å². The number of nitrogens with zero attached hydrogens (tertiary/aromatic N) is 2. The second kappa shape index (κ2) is 8.00. The number of nitriles is 1. The maximum Gasteiger partial charge on any atom is 0.355 e. The lowest BCUT2D eigenvalue weighted by Crippen LogP contribution is -2.40. The molecule has 0 saturated carbocycles. The summed E-state index contributed by atoms with van der Waals surface area (Å²) in [5.74, 6) is -2.27. The molecule has 0 radical (unpaired) electrons. The number of aryl methyl sites for hydroxylation is 2. The summed E-state index contributed by atoms with van der Waals surface area (Å²) < 4.78 is 10.1. The number of carbonyl (C=O) groups is 2. The Morgan fingerprint density at radius 3 is 2.26 bits per heavy atom. The summed E-state index contributed by atoms with van der Waals surface area (Å²) in [6, 6.07) is 16.8. The van der Waals surface area contributed by atoms with Crippen molar-refractivity contribution in [3.05, 3.63) is 87.9 Å². The van der Waals surface area contributed by atoms with Crippen molar-refractivity contribution in [3.63, 3.8) is 0 Å². The quantitative estimate of drug-likeness (QED) is 0.765. The van der Waals surface area contributed by atoms with Crippen molar-refractivity contribution in [2.75, 3.05) is 19.1 Å². The highest BCUT2D eigenvalue weighted by atomic mass is 16.5. The van der Waals surface area contributed by atoms with E-state index in [4.69, 9.17) is 15.2 Å². The molecule has 2 aliphatic rings. The minimum Gasteiger partial charge on any atom is -0.466 e. The number of hydrogen-bond acceptors (Lipinski definition) is 7. The number of rotatable bonds is 4. The van der Waals surface area contributed by atoms with Crippen molar-refractivity contribution in [1.29, 1.82) is 5.26 Å². The second-order valence-electron chi connectivity index (χ2n) is 7.29. The first-order chi connectivity index (χ1) is 15.0. The van der Waals surface area contributed by atoms with Crippen LogP contribution in [-0.4, -0.2) is 26.2 Å². The lowest BCUT2D eigenvalue weighted by Gasteiger charge is -2.36. The molecule has 7 nitrogen and oxygen atoms in total. The van der Waals surface area contributed by atoms with Crippen LogP contribution in [0, 0.1) is 11.3 Å². The lowest BCUT2D eigenvalue weighted by molar-refractivity contribution is -0.139. The molecule has 0 bridgehead atoms. The van der Waals surface area contributed by atoms with E-state index < -0.39 is 17.9 Å². The average Bonchev–Trinajstić information content (AvgIpc) is 2.78. The zero-order valence-electron chi connectivity index (χ0n) is 17.2. The third kappa shape index (κ3) is 3.22. The molecule has 1 unspecified atom stereocenters. The van der Waals surface area contributed by atoms with Gasteiger partial charge in [0.1, 0.15) is 11.5 Å². The number of methoxy groups -OCH3 is 2. The summed E-state index contributed by atoms with van der Waals surface area (Å²) in [4.78, 5) is 27.4. The van der Waals surface area contributed by atoms with E-state index in [0.29, 0.717) is 11.3 Å². The number of benzene rings is 2. The van der Waals surface area contributed by atoms with Gasteiger partial charge >= 0.3 is 11.9 Å². The molecule has 2 N–H and O–H groups in total. The Morgan fingerprint density at radius 2 is 1.71 bits per heavy atom. The largest absolute Gasteiger partial charge is 0.466 e. The smallest absolute Gasteiger partial charge is 0.355 e. The van der Waals surface area contributed by atoms with Crippen LogP contribution >= 0.6 is 0 Å². The first kappa shape index (κ1) is 20.2. The highest BCUT2D eigenvalue weighted by Gasteiger charge is 2.43. The van der Waals surface area contributed by atoms with E-state index in [9.17, 15) is 14.9 Å². The zero-order valence-corrected chi connectivity index (χ0v) is 17.2. The molecule has 2 aromatic rings. The minimum absolute atomic E-state index is 0.00832. The molecule has 1 aliphatic heterocycles. The van der Waals surface area contributed by atoms with Gasteiger partial charge in [-0.1, -0.05) is 36.4 Å². The highest BCUT2D eigenvalue weighted by molar-refractivity contribution is 6.06. The van der Waals surface area contributed by atoms with Gasteiger partial charge in [0.25, 0.3) is 0 Å². The van der Waals surface area contributed by atoms with Gasteiger partial charge in [0, 0.05) is 5.69 Å². The standard InChI is InChI=1S/C24H21N3O4/c1-30-23(28)20-19(15-6-4-3-5-7-15)18(13-25)22(26)27(21(20)24(29)31-2)17-11-10-14-8-9-16(14)12-17/h3-7,10-12,19H,8-9,26H2,1-2H3. The number of nitrogens with two attached hydrogens (primary N) is 1. The molecule has 156 valence electrons. The second-order valence-corrected chi connectivity index (χ2v) is 7.29. The van der Waals surface area contributed by atoms with E-state index in [1.165, 1.54) is 24.7 Å². The highest BCUT2D eigenvalue weighted by Crippen LogP contribution is 2.43. The SMILES string of the molecule is COC(=O)C1=C(C(=O)OC)N(c2ccc3c(c2)CC3)C(N)=C(C#N)C1c1ccccc1. The molecule has 1 atom stereocenters. The predicted octanol–water partition coefficient (Wildman–Crippen LogP) is 2.68. The molecule has 4 rings (SSSR count). The number of anilines is 1. The van der Waals surface area contributed by atoms with Gasteiger partial charge < -0.3 is 15.2 Å². The Balaban J connectivity index is 2.03. The lowest BCUT2D eigenvalue weighted by atomic mass is 9.80. The van der Waals surface area contributed by atoms with Crippen LogP contribution in [0.15, 0.2) is 71.2 Å². The Labute approximate surface area is 180 Å². The van der Waals surface area contributed by atoms with Crippen LogP contribution in [0.5, 0.6) is 0 Å². The first-order valence-corrected chi connectivity index (χ1v) is 9.79. The van der Waals surface area contributed by atoms with Crippen molar-refractivity contribution in [3.8, 4) is 6.07 Å². The van der Waals surface area contributed by atoms with Crippen molar-refractivity contribution in [2.45, 2.75) is 18.8 Å². The van der Waals surface area contributed by atoms with Crippen molar-refractivity contribution in [2.24, 2.45) is 5.73 Å². The van der Waals surface area contributed by atoms with E-state index in [0.717, 1.165) is 18.4 Å². The number of esters is 2. The molecule has 0 aromatic heterocycles. The fraction of sp³-hybridized carbons (Fsp3) is 0.208. The van der Waals surface area contributed by atoms with Crippen LogP contribution in [0.3, 0.4) is 0 Å². The summed E-state index contributed by atoms with van der Waals surface area (Å²) in [7, 11) is 2.47. The van der Waals surface area contributed by atoms with E-state index in [1.54, 1.807) is 24.3 Å². The molecule has 0 spiro atoms. The normalized spacial score (nSPS) is 17.5. The van der Waals surface area contributed by atoms with Crippen LogP contribution < -0.4 is 10.6 Å². The average molecular weight is 415 g/mol. The van der Waals surface area contributed by atoms with Crippen LogP contribution in [0.2, 0.25) is 0 Å². The fourth-order valence-corrected chi connectivity index (χ4v) is 4.10. The minimum atomic E-state index is -0.865. The van der Waals surface area contributed by atoms with E-state index in [-0.39, 0.29) is 22.7 Å². The Bertz CT molecular complexity index is 1180. The van der Waals surface area contributed by atoms with Crippen LogP contribution in [0.4, 0.5) is 5.69 Å². The Hall–Kier alpha value is -4.05. The van der Waals surface area contributed by atoms with Crippen molar-refractivity contribution in [1.82, 2.24) is 0 Å². The maximum atomic E-state index is 13.0. The third-order valence-corrected chi connectivity index (χ3v) is 5.72. The molecule has 1 aliphatic carbocycles. The van der Waals surface area contributed by atoms with Crippen molar-refractivity contribution < 1.29 is 19.1 Å². The number of hydrogen-bond donors (Lipinski definition) is 1. The van der Waals surface area contributed by atoms with Gasteiger partial charge in [-0.25, -0.2) is 9.59 Å². The summed E-state index contributed by atoms with van der Waals surface area (Å²) in [6.45, 7) is 0. The van der Waals surface area contributed by atoms with Crippen LogP contribution in [0.25, 0.3) is 0 Å². The van der Waals surface area contributed by atoms with Gasteiger partial charge in [-0.05, 0) is 41.7 Å². The molecular weight excluding hydrogens is 394 g/mol. The maximum absolute atomic E-state index is 13.0. The summed E-state index contributed by atoms with van der Waals surface area (Å²) in [6.07, 6.45) is 1.91. The van der Waals surface area contributed by atoms with E-state index in [1.807, 2.05) is 24.3 Å². The Kier molecular flexibility index (Phi) is 5.22. The first-order valence-electron chi connectivity index (χ1n) is 9.79. The van der Waals surface area contributed by atoms with Gasteiger partial charge in [-0.3, -0.25) is 4.90 Å². The third-order valence-electron chi connectivity index (χ3n) is 5.72. The number of ether oxygens (including phenoxy) is 2. The van der Waals surface area contributed by atoms with Crippen LogP contribution in [0.1, 0.15) is 22.6 Å². The van der Waals surface area contributed by atoms with E-state index in [2.05, 4.69) is 6.07 Å². The monoisotopic (exact) mass is 415 g/mol. The molecule has 0 saturated heterocycles. The fourth-order valence-electron chi connectivity index (χ4n) is 4.10. The van der Waals surface area contributed by atoms with Crippen molar-refractivity contribution >= 4 is 17.6 Å². The molecule has 0 amide bonds. The number of carbonyl (C=O) groups excluding carboxylic acids is 2. The number of fused-ring (bicyclic) bond motifs is 1. The molecule has 31 heavy (non-hydrogen) atoms. The van der Waals surface area contributed by atoms with Gasteiger partial charge in [0.2, 0.25) is 0 Å². The summed E-state index contributed by atoms with van der Waals surface area (Å²) >= 11 is 0. The molecule has 1 heterocycles. The summed E-state index contributed by atoms with van der Waals surface area (Å²) in [5, 5.41) is 10.0. The topological polar surface area (TPSA) is 106 Å². The molecule has 2 aromatic carbocycles. The predicted molar refractivity (Wildman–Crippen MR) is 113 cm³/mol. The van der Waals surface area contributed by atoms with Gasteiger partial charge in [0.15, 0.2) is 0 Å². The van der Waals surface area contributed by atoms with Crippen LogP contribution in [-0.2, 0) is 31.9 Å². The van der Waals surface area contributed by atoms with E-state index >= 15 is 0 Å². The zero-order chi connectivity index (χ0) is 22.1. The molecule has 0 fully saturated rings. The Morgan fingerprint density at radius 1 is 1.03 bits per heavy atom. The van der Waals surface area contributed by atoms with Gasteiger partial charge in [0.05, 0.1) is 37.4 Å². The molecule has 7 heteroatoms.